The number of nitrogens with zero attached hydrogens (tertiary/aromatic N) is 1. The van der Waals surface area contributed by atoms with E-state index in [-0.39, 0.29) is 18.1 Å². The summed E-state index contributed by atoms with van der Waals surface area (Å²) < 4.78 is 29.1. The Hall–Kier alpha value is -0.660. The van der Waals surface area contributed by atoms with E-state index in [1.807, 2.05) is 6.92 Å². The summed E-state index contributed by atoms with van der Waals surface area (Å²) in [4.78, 5) is 11.3. The molecule has 1 fully saturated rings. The molecule has 106 valence electrons. The van der Waals surface area contributed by atoms with Crippen molar-refractivity contribution in [3.8, 4) is 0 Å². The molecule has 0 radical (unpaired) electrons. The lowest BCUT2D eigenvalue weighted by Gasteiger charge is -2.38. The molecule has 1 aliphatic rings. The van der Waals surface area contributed by atoms with Crippen LogP contribution in [-0.2, 0) is 19.6 Å². The molecule has 0 aromatic heterocycles. The fourth-order valence-corrected chi connectivity index (χ4v) is 2.83. The van der Waals surface area contributed by atoms with Crippen molar-refractivity contribution in [2.45, 2.75) is 32.2 Å². The molecule has 7 heteroatoms. The summed E-state index contributed by atoms with van der Waals surface area (Å²) in [5.41, 5.74) is -0.200. The van der Waals surface area contributed by atoms with Gasteiger partial charge in [0.2, 0.25) is 10.0 Å². The molecule has 6 nitrogen and oxygen atoms in total. The second-order valence-corrected chi connectivity index (χ2v) is 6.86. The van der Waals surface area contributed by atoms with Crippen molar-refractivity contribution >= 4 is 16.0 Å². The Morgan fingerprint density at radius 1 is 1.39 bits per heavy atom. The van der Waals surface area contributed by atoms with E-state index < -0.39 is 10.0 Å². The van der Waals surface area contributed by atoms with E-state index in [9.17, 15) is 13.2 Å². The van der Waals surface area contributed by atoms with Crippen LogP contribution >= 0.6 is 0 Å². The summed E-state index contributed by atoms with van der Waals surface area (Å²) >= 11 is 0. The average molecular weight is 278 g/mol. The first-order valence-electron chi connectivity index (χ1n) is 6.12. The van der Waals surface area contributed by atoms with Gasteiger partial charge in [-0.2, -0.15) is 0 Å². The van der Waals surface area contributed by atoms with Crippen LogP contribution in [0.15, 0.2) is 0 Å². The van der Waals surface area contributed by atoms with Crippen molar-refractivity contribution in [2.24, 2.45) is 0 Å². The molecule has 0 aliphatic carbocycles. The monoisotopic (exact) mass is 278 g/mol. The number of hydrogen-bond donors (Lipinski definition) is 1. The summed E-state index contributed by atoms with van der Waals surface area (Å²) in [6, 6.07) is 0. The molecule has 0 aromatic carbocycles. The third kappa shape index (κ3) is 4.55. The summed E-state index contributed by atoms with van der Waals surface area (Å²) in [5.74, 6) is -0.274. The van der Waals surface area contributed by atoms with Crippen LogP contribution in [0.1, 0.15) is 26.7 Å². The molecule has 1 N–H and O–H groups in total. The van der Waals surface area contributed by atoms with Crippen molar-refractivity contribution in [2.75, 3.05) is 32.5 Å². The first kappa shape index (κ1) is 15.4. The van der Waals surface area contributed by atoms with Crippen LogP contribution in [0.3, 0.4) is 0 Å². The first-order valence-corrected chi connectivity index (χ1v) is 7.97. The van der Waals surface area contributed by atoms with E-state index in [1.54, 1.807) is 6.92 Å². The lowest BCUT2D eigenvalue weighted by Crippen LogP contribution is -2.53. The van der Waals surface area contributed by atoms with E-state index >= 15 is 0 Å². The molecule has 1 saturated heterocycles. The second kappa shape index (κ2) is 5.99. The van der Waals surface area contributed by atoms with Crippen molar-refractivity contribution < 1.29 is 17.9 Å². The van der Waals surface area contributed by atoms with Gasteiger partial charge in [0.1, 0.15) is 0 Å². The molecule has 1 rings (SSSR count). The highest BCUT2D eigenvalue weighted by atomic mass is 32.2. The van der Waals surface area contributed by atoms with Gasteiger partial charge in [0.25, 0.3) is 0 Å². The van der Waals surface area contributed by atoms with Crippen molar-refractivity contribution in [3.05, 3.63) is 0 Å². The maximum atomic E-state index is 11.4. The van der Waals surface area contributed by atoms with Gasteiger partial charge in [-0.15, -0.1) is 0 Å². The van der Waals surface area contributed by atoms with Crippen LogP contribution < -0.4 is 5.32 Å². The highest BCUT2D eigenvalue weighted by Gasteiger charge is 2.33. The summed E-state index contributed by atoms with van der Waals surface area (Å²) in [6.45, 7) is 5.30. The van der Waals surface area contributed by atoms with Gasteiger partial charge in [-0.1, -0.05) is 0 Å². The topological polar surface area (TPSA) is 75.7 Å². The largest absolute Gasteiger partial charge is 0.465 e. The predicted octanol–water partition coefficient (Wildman–Crippen LogP) is -0.0468. The molecule has 18 heavy (non-hydrogen) atoms. The van der Waals surface area contributed by atoms with Gasteiger partial charge >= 0.3 is 5.97 Å². The number of esters is 1. The van der Waals surface area contributed by atoms with E-state index in [2.05, 4.69) is 5.32 Å². The molecule has 0 unspecified atom stereocenters. The zero-order valence-electron chi connectivity index (χ0n) is 11.2. The maximum absolute atomic E-state index is 11.4. The number of piperidine rings is 1. The Labute approximate surface area is 109 Å². The molecule has 0 atom stereocenters. The molecule has 1 aliphatic heterocycles. The SMILES string of the molecule is CCOC(=O)CNC1(C)CCN(S(C)(=O)=O)CC1. The Bertz CT molecular complexity index is 386. The Morgan fingerprint density at radius 3 is 2.39 bits per heavy atom. The molecule has 1 heterocycles. The zero-order chi connectivity index (χ0) is 13.8. The molecule has 0 aromatic rings. The lowest BCUT2D eigenvalue weighted by atomic mass is 9.90. The van der Waals surface area contributed by atoms with Gasteiger partial charge in [-0.3, -0.25) is 4.79 Å². The number of hydrogen-bond acceptors (Lipinski definition) is 5. The Kier molecular flexibility index (Phi) is 5.12. The summed E-state index contributed by atoms with van der Waals surface area (Å²) in [7, 11) is -3.10. The second-order valence-electron chi connectivity index (χ2n) is 4.88. The van der Waals surface area contributed by atoms with Crippen LogP contribution in [0.5, 0.6) is 0 Å². The summed E-state index contributed by atoms with van der Waals surface area (Å²) in [6.07, 6.45) is 2.61. The molecule has 0 saturated carbocycles. The fraction of sp³-hybridized carbons (Fsp3) is 0.909. The number of nitrogens with one attached hydrogen (secondary N) is 1. The number of sulfonamides is 1. The van der Waals surface area contributed by atoms with Crippen LogP contribution in [0.2, 0.25) is 0 Å². The maximum Gasteiger partial charge on any atom is 0.319 e. The van der Waals surface area contributed by atoms with Gasteiger partial charge in [0.05, 0.1) is 19.4 Å². The highest BCUT2D eigenvalue weighted by molar-refractivity contribution is 7.88. The van der Waals surface area contributed by atoms with Crippen LogP contribution in [0.4, 0.5) is 0 Å². The van der Waals surface area contributed by atoms with Crippen LogP contribution in [0, 0.1) is 0 Å². The number of ether oxygens (including phenoxy) is 1. The van der Waals surface area contributed by atoms with Gasteiger partial charge in [-0.05, 0) is 26.7 Å². The molecule has 0 amide bonds. The van der Waals surface area contributed by atoms with Crippen LogP contribution in [-0.4, -0.2) is 56.7 Å². The average Bonchev–Trinajstić information content (AvgIpc) is 2.26. The predicted molar refractivity (Wildman–Crippen MR) is 68.7 cm³/mol. The minimum Gasteiger partial charge on any atom is -0.465 e. The van der Waals surface area contributed by atoms with E-state index in [4.69, 9.17) is 4.74 Å². The van der Waals surface area contributed by atoms with E-state index in [0.717, 1.165) is 0 Å². The van der Waals surface area contributed by atoms with E-state index in [1.165, 1.54) is 10.6 Å². The van der Waals surface area contributed by atoms with Crippen molar-refractivity contribution in [1.29, 1.82) is 0 Å². The van der Waals surface area contributed by atoms with Crippen molar-refractivity contribution in [3.63, 3.8) is 0 Å². The molecular formula is C11H22N2O4S. The van der Waals surface area contributed by atoms with Gasteiger partial charge in [-0.25, -0.2) is 12.7 Å². The van der Waals surface area contributed by atoms with Gasteiger partial charge < -0.3 is 10.1 Å². The van der Waals surface area contributed by atoms with E-state index in [0.29, 0.717) is 32.5 Å². The van der Waals surface area contributed by atoms with Crippen molar-refractivity contribution in [1.82, 2.24) is 9.62 Å². The zero-order valence-corrected chi connectivity index (χ0v) is 12.0. The number of rotatable bonds is 5. The fourth-order valence-electron chi connectivity index (χ4n) is 1.99. The number of carbonyl (C=O) groups excluding carboxylic acids is 1. The minimum atomic E-state index is -3.10. The summed E-state index contributed by atoms with van der Waals surface area (Å²) in [5, 5.41) is 3.16. The Morgan fingerprint density at radius 2 is 1.94 bits per heavy atom. The molecular weight excluding hydrogens is 256 g/mol. The Balaban J connectivity index is 2.42. The molecule has 0 bridgehead atoms. The van der Waals surface area contributed by atoms with Crippen LogP contribution in [0.25, 0.3) is 0 Å². The normalized spacial score (nSPS) is 20.6. The first-order chi connectivity index (χ1) is 8.27. The third-order valence-corrected chi connectivity index (χ3v) is 4.56. The smallest absolute Gasteiger partial charge is 0.319 e. The minimum absolute atomic E-state index is 0.170. The standard InChI is InChI=1S/C11H22N2O4S/c1-4-17-10(14)9-12-11(2)5-7-13(8-6-11)18(3,15)16/h12H,4-9H2,1-3H3. The lowest BCUT2D eigenvalue weighted by molar-refractivity contribution is -0.142. The quantitative estimate of drug-likeness (QED) is 0.714. The molecule has 0 spiro atoms. The third-order valence-electron chi connectivity index (χ3n) is 3.26. The highest BCUT2D eigenvalue weighted by Crippen LogP contribution is 2.22. The van der Waals surface area contributed by atoms with Gasteiger partial charge in [0, 0.05) is 18.6 Å². The number of carbonyl (C=O) groups is 1. The van der Waals surface area contributed by atoms with Gasteiger partial charge in [0.15, 0.2) is 0 Å².